The summed E-state index contributed by atoms with van der Waals surface area (Å²) in [5.41, 5.74) is 2.00. The number of nitro benzene ring substituents is 1. The van der Waals surface area contributed by atoms with Gasteiger partial charge in [-0.1, -0.05) is 17.7 Å². The summed E-state index contributed by atoms with van der Waals surface area (Å²) in [6.45, 7) is 0.221. The SMILES string of the molecule is CN1C(=O)/C(=C/c2ccc(OCc3ccc([N+](=O)[O-])cc3)c(Cl)c2)N(C)C1=S. The van der Waals surface area contributed by atoms with Crippen molar-refractivity contribution in [3.63, 3.8) is 0 Å². The van der Waals surface area contributed by atoms with E-state index in [-0.39, 0.29) is 18.2 Å². The van der Waals surface area contributed by atoms with Crippen LogP contribution in [0.15, 0.2) is 48.2 Å². The predicted octanol–water partition coefficient (Wildman–Crippen LogP) is 3.86. The van der Waals surface area contributed by atoms with Crippen LogP contribution < -0.4 is 4.74 Å². The molecule has 144 valence electrons. The van der Waals surface area contributed by atoms with E-state index in [9.17, 15) is 14.9 Å². The number of hydrogen-bond acceptors (Lipinski definition) is 5. The maximum absolute atomic E-state index is 12.2. The normalized spacial score (nSPS) is 15.5. The number of ether oxygens (including phenoxy) is 1. The molecular formula is C19H16ClN3O4S. The zero-order valence-corrected chi connectivity index (χ0v) is 16.7. The molecule has 0 saturated carbocycles. The molecule has 0 atom stereocenters. The molecule has 1 saturated heterocycles. The van der Waals surface area contributed by atoms with Crippen molar-refractivity contribution < 1.29 is 14.5 Å². The first-order valence-electron chi connectivity index (χ1n) is 8.21. The van der Waals surface area contributed by atoms with Gasteiger partial charge in [-0.05, 0) is 53.7 Å². The van der Waals surface area contributed by atoms with Crippen LogP contribution in [0.5, 0.6) is 5.75 Å². The third kappa shape index (κ3) is 3.97. The highest BCUT2D eigenvalue weighted by Crippen LogP contribution is 2.29. The summed E-state index contributed by atoms with van der Waals surface area (Å²) < 4.78 is 5.70. The largest absolute Gasteiger partial charge is 0.487 e. The van der Waals surface area contributed by atoms with E-state index in [1.54, 1.807) is 55.4 Å². The van der Waals surface area contributed by atoms with Gasteiger partial charge in [-0.2, -0.15) is 0 Å². The molecule has 7 nitrogen and oxygen atoms in total. The van der Waals surface area contributed by atoms with E-state index in [4.69, 9.17) is 28.6 Å². The van der Waals surface area contributed by atoms with Gasteiger partial charge in [-0.15, -0.1) is 0 Å². The minimum Gasteiger partial charge on any atom is -0.487 e. The molecule has 1 heterocycles. The van der Waals surface area contributed by atoms with Gasteiger partial charge in [0.25, 0.3) is 11.6 Å². The highest BCUT2D eigenvalue weighted by Gasteiger charge is 2.32. The van der Waals surface area contributed by atoms with Crippen LogP contribution >= 0.6 is 23.8 Å². The fourth-order valence-electron chi connectivity index (χ4n) is 2.65. The Balaban J connectivity index is 1.72. The molecule has 0 radical (unpaired) electrons. The van der Waals surface area contributed by atoms with Crippen molar-refractivity contribution >= 4 is 46.6 Å². The smallest absolute Gasteiger partial charge is 0.276 e. The summed E-state index contributed by atoms with van der Waals surface area (Å²) in [5, 5.41) is 11.5. The molecule has 0 unspecified atom stereocenters. The third-order valence-corrected chi connectivity index (χ3v) is 5.10. The number of halogens is 1. The Kier molecular flexibility index (Phi) is 5.62. The van der Waals surface area contributed by atoms with Gasteiger partial charge in [-0.3, -0.25) is 19.8 Å². The Labute approximate surface area is 171 Å². The molecule has 0 bridgehead atoms. The summed E-state index contributed by atoms with van der Waals surface area (Å²) in [5.74, 6) is 0.294. The van der Waals surface area contributed by atoms with Crippen molar-refractivity contribution in [2.45, 2.75) is 6.61 Å². The van der Waals surface area contributed by atoms with Gasteiger partial charge in [0.05, 0.1) is 9.95 Å². The molecule has 0 aromatic heterocycles. The number of amides is 1. The van der Waals surface area contributed by atoms with Crippen molar-refractivity contribution in [2.75, 3.05) is 14.1 Å². The van der Waals surface area contributed by atoms with Crippen LogP contribution in [0.4, 0.5) is 5.69 Å². The van der Waals surface area contributed by atoms with Gasteiger partial charge in [0.15, 0.2) is 5.11 Å². The first kappa shape index (κ1) is 19.8. The molecule has 1 fully saturated rings. The Bertz CT molecular complexity index is 991. The van der Waals surface area contributed by atoms with E-state index < -0.39 is 4.92 Å². The highest BCUT2D eigenvalue weighted by atomic mass is 35.5. The van der Waals surface area contributed by atoms with Gasteiger partial charge in [-0.25, -0.2) is 0 Å². The molecule has 1 amide bonds. The number of thiocarbonyl (C=S) groups is 1. The molecule has 0 aliphatic carbocycles. The molecule has 2 aromatic rings. The van der Waals surface area contributed by atoms with Crippen LogP contribution in [0.1, 0.15) is 11.1 Å². The number of carbonyl (C=O) groups excluding carboxylic acids is 1. The lowest BCUT2D eigenvalue weighted by molar-refractivity contribution is -0.384. The fraction of sp³-hybridized carbons (Fsp3) is 0.158. The molecule has 28 heavy (non-hydrogen) atoms. The zero-order valence-electron chi connectivity index (χ0n) is 15.1. The summed E-state index contributed by atoms with van der Waals surface area (Å²) in [7, 11) is 3.36. The summed E-state index contributed by atoms with van der Waals surface area (Å²) >= 11 is 11.5. The standard InChI is InChI=1S/C19H16ClN3O4S/c1-21-16(18(24)22(2)19(21)28)10-13-5-8-17(15(20)9-13)27-11-12-3-6-14(7-4-12)23(25)26/h3-10H,11H2,1-2H3/b16-10-. The molecule has 9 heteroatoms. The number of benzene rings is 2. The second kappa shape index (κ2) is 7.95. The monoisotopic (exact) mass is 417 g/mol. The Morgan fingerprint density at radius 1 is 1.18 bits per heavy atom. The van der Waals surface area contributed by atoms with Crippen LogP contribution in [-0.2, 0) is 11.4 Å². The minimum absolute atomic E-state index is 0.0238. The fourth-order valence-corrected chi connectivity index (χ4v) is 3.07. The molecule has 1 aliphatic rings. The molecule has 0 spiro atoms. The Morgan fingerprint density at radius 2 is 1.86 bits per heavy atom. The van der Waals surface area contributed by atoms with Crippen molar-refractivity contribution in [2.24, 2.45) is 0 Å². The van der Waals surface area contributed by atoms with E-state index in [0.717, 1.165) is 11.1 Å². The Hall–Kier alpha value is -2.97. The highest BCUT2D eigenvalue weighted by molar-refractivity contribution is 7.80. The summed E-state index contributed by atoms with van der Waals surface area (Å²) in [4.78, 5) is 25.5. The quantitative estimate of drug-likeness (QED) is 0.318. The third-order valence-electron chi connectivity index (χ3n) is 4.26. The van der Waals surface area contributed by atoms with Crippen LogP contribution in [-0.4, -0.2) is 39.8 Å². The van der Waals surface area contributed by atoms with E-state index in [2.05, 4.69) is 0 Å². The van der Waals surface area contributed by atoms with E-state index in [0.29, 0.717) is 21.6 Å². The van der Waals surface area contributed by atoms with Crippen molar-refractivity contribution in [1.29, 1.82) is 0 Å². The lowest BCUT2D eigenvalue weighted by Gasteiger charge is -2.11. The number of hydrogen-bond donors (Lipinski definition) is 0. The van der Waals surface area contributed by atoms with Crippen molar-refractivity contribution in [1.82, 2.24) is 9.80 Å². The van der Waals surface area contributed by atoms with Crippen LogP contribution in [0, 0.1) is 10.1 Å². The van der Waals surface area contributed by atoms with Crippen LogP contribution in [0.3, 0.4) is 0 Å². The number of nitro groups is 1. The Morgan fingerprint density at radius 3 is 2.39 bits per heavy atom. The number of nitrogens with zero attached hydrogens (tertiary/aromatic N) is 3. The average Bonchev–Trinajstić information content (AvgIpc) is 2.85. The predicted molar refractivity (Wildman–Crippen MR) is 110 cm³/mol. The summed E-state index contributed by atoms with van der Waals surface area (Å²) in [6, 6.07) is 11.3. The lowest BCUT2D eigenvalue weighted by Crippen LogP contribution is -2.26. The zero-order chi connectivity index (χ0) is 20.4. The lowest BCUT2D eigenvalue weighted by atomic mass is 10.1. The maximum atomic E-state index is 12.2. The minimum atomic E-state index is -0.453. The molecule has 2 aromatic carbocycles. The first-order chi connectivity index (χ1) is 13.3. The number of likely N-dealkylation sites (N-methyl/N-ethyl adjacent to an activating group) is 2. The number of non-ortho nitro benzene ring substituents is 1. The van der Waals surface area contributed by atoms with Gasteiger partial charge in [0.1, 0.15) is 18.1 Å². The average molecular weight is 418 g/mol. The van der Waals surface area contributed by atoms with Gasteiger partial charge >= 0.3 is 0 Å². The van der Waals surface area contributed by atoms with E-state index in [1.165, 1.54) is 17.0 Å². The second-order valence-electron chi connectivity index (χ2n) is 6.14. The van der Waals surface area contributed by atoms with Gasteiger partial charge < -0.3 is 9.64 Å². The molecular weight excluding hydrogens is 402 g/mol. The van der Waals surface area contributed by atoms with Gasteiger partial charge in [0, 0.05) is 26.2 Å². The molecule has 0 N–H and O–H groups in total. The van der Waals surface area contributed by atoms with Crippen molar-refractivity contribution in [3.05, 3.63) is 74.4 Å². The van der Waals surface area contributed by atoms with Crippen LogP contribution in [0.2, 0.25) is 5.02 Å². The summed E-state index contributed by atoms with van der Waals surface area (Å²) in [6.07, 6.45) is 1.71. The van der Waals surface area contributed by atoms with Gasteiger partial charge in [0.2, 0.25) is 0 Å². The van der Waals surface area contributed by atoms with E-state index in [1.807, 2.05) is 0 Å². The number of carbonyl (C=O) groups is 1. The topological polar surface area (TPSA) is 75.9 Å². The second-order valence-corrected chi connectivity index (χ2v) is 6.91. The molecule has 3 rings (SSSR count). The van der Waals surface area contributed by atoms with E-state index >= 15 is 0 Å². The molecule has 1 aliphatic heterocycles. The van der Waals surface area contributed by atoms with Crippen LogP contribution in [0.25, 0.3) is 6.08 Å². The number of rotatable bonds is 5. The maximum Gasteiger partial charge on any atom is 0.276 e. The first-order valence-corrected chi connectivity index (χ1v) is 8.99. The van der Waals surface area contributed by atoms with Crippen molar-refractivity contribution in [3.8, 4) is 5.75 Å².